The maximum absolute atomic E-state index is 6.09. The van der Waals surface area contributed by atoms with Crippen LogP contribution in [-0.2, 0) is 6.54 Å². The van der Waals surface area contributed by atoms with E-state index in [-0.39, 0.29) is 0 Å². The van der Waals surface area contributed by atoms with Crippen molar-refractivity contribution in [3.05, 3.63) is 59.4 Å². The predicted octanol–water partition coefficient (Wildman–Crippen LogP) is 6.06. The molecule has 4 nitrogen and oxygen atoms in total. The summed E-state index contributed by atoms with van der Waals surface area (Å²) in [5.74, 6) is 2.19. The van der Waals surface area contributed by atoms with Gasteiger partial charge in [-0.2, -0.15) is 0 Å². The third-order valence-corrected chi connectivity index (χ3v) is 6.36. The van der Waals surface area contributed by atoms with Crippen molar-refractivity contribution in [2.24, 2.45) is 0 Å². The van der Waals surface area contributed by atoms with E-state index in [1.807, 2.05) is 0 Å². The van der Waals surface area contributed by atoms with Gasteiger partial charge in [-0.1, -0.05) is 42.7 Å². The summed E-state index contributed by atoms with van der Waals surface area (Å²) in [6.45, 7) is 10.6. The van der Waals surface area contributed by atoms with Gasteiger partial charge in [-0.05, 0) is 76.9 Å². The van der Waals surface area contributed by atoms with Crippen LogP contribution < -0.4 is 4.74 Å². The zero-order chi connectivity index (χ0) is 20.9. The van der Waals surface area contributed by atoms with Crippen LogP contribution in [0.25, 0.3) is 11.0 Å². The first-order chi connectivity index (χ1) is 14.6. The predicted molar refractivity (Wildman–Crippen MR) is 124 cm³/mol. The molecule has 0 N–H and O–H groups in total. The van der Waals surface area contributed by atoms with E-state index >= 15 is 0 Å². The lowest BCUT2D eigenvalue weighted by molar-refractivity contribution is 0.206. The molecule has 160 valence electrons. The van der Waals surface area contributed by atoms with Crippen LogP contribution >= 0.6 is 0 Å². The number of rotatable bonds is 7. The van der Waals surface area contributed by atoms with Gasteiger partial charge >= 0.3 is 0 Å². The van der Waals surface area contributed by atoms with E-state index < -0.39 is 0 Å². The van der Waals surface area contributed by atoms with Crippen LogP contribution in [0.3, 0.4) is 0 Å². The lowest BCUT2D eigenvalue weighted by Crippen LogP contribution is -2.30. The van der Waals surface area contributed by atoms with Crippen LogP contribution in [0.4, 0.5) is 0 Å². The van der Waals surface area contributed by atoms with Gasteiger partial charge in [0.25, 0.3) is 0 Å². The summed E-state index contributed by atoms with van der Waals surface area (Å²) in [6.07, 6.45) is 6.28. The number of hydrogen-bond donors (Lipinski definition) is 0. The Morgan fingerprint density at radius 1 is 1.00 bits per heavy atom. The molecule has 4 heteroatoms. The molecular formula is C26H35N3O. The summed E-state index contributed by atoms with van der Waals surface area (Å²) < 4.78 is 8.52. The SMILES string of the molecule is Cc1ccc(OCCCn2c(C(C)N3CCCCCC3)nc3ccccc32)c(C)c1. The smallest absolute Gasteiger partial charge is 0.127 e. The van der Waals surface area contributed by atoms with Gasteiger partial charge in [-0.15, -0.1) is 0 Å². The summed E-state index contributed by atoms with van der Waals surface area (Å²) in [5.41, 5.74) is 4.82. The maximum Gasteiger partial charge on any atom is 0.127 e. The number of para-hydroxylation sites is 2. The molecule has 3 aromatic rings. The molecule has 1 aromatic heterocycles. The Kier molecular flexibility index (Phi) is 6.73. The number of hydrogen-bond acceptors (Lipinski definition) is 3. The second-order valence-corrected chi connectivity index (χ2v) is 8.71. The van der Waals surface area contributed by atoms with E-state index in [0.29, 0.717) is 12.6 Å². The lowest BCUT2D eigenvalue weighted by Gasteiger charge is -2.27. The van der Waals surface area contributed by atoms with Crippen molar-refractivity contribution in [3.8, 4) is 5.75 Å². The number of aryl methyl sites for hydroxylation is 3. The number of ether oxygens (including phenoxy) is 1. The highest BCUT2D eigenvalue weighted by Gasteiger charge is 2.23. The van der Waals surface area contributed by atoms with Crippen molar-refractivity contribution in [2.45, 2.75) is 65.5 Å². The first kappa shape index (κ1) is 20.9. The Morgan fingerprint density at radius 3 is 2.53 bits per heavy atom. The van der Waals surface area contributed by atoms with Crippen LogP contribution in [0.5, 0.6) is 5.75 Å². The molecule has 1 aliphatic rings. The Bertz CT molecular complexity index is 970. The van der Waals surface area contributed by atoms with Crippen molar-refractivity contribution in [3.63, 3.8) is 0 Å². The minimum absolute atomic E-state index is 0.343. The molecule has 1 unspecified atom stereocenters. The van der Waals surface area contributed by atoms with Crippen LogP contribution in [0.2, 0.25) is 0 Å². The highest BCUT2D eigenvalue weighted by Crippen LogP contribution is 2.27. The normalized spacial score (nSPS) is 16.5. The van der Waals surface area contributed by atoms with E-state index in [0.717, 1.165) is 24.2 Å². The van der Waals surface area contributed by atoms with Gasteiger partial charge in [0.15, 0.2) is 0 Å². The molecule has 1 fully saturated rings. The molecule has 0 bridgehead atoms. The van der Waals surface area contributed by atoms with Gasteiger partial charge in [0.1, 0.15) is 11.6 Å². The number of benzene rings is 2. The standard InChI is InChI=1S/C26H35N3O/c1-20-13-14-25(21(2)19-20)30-18-10-17-29-24-12-7-6-11-23(24)27-26(29)22(3)28-15-8-4-5-9-16-28/h6-7,11-14,19,22H,4-5,8-10,15-18H2,1-3H3. The van der Waals surface area contributed by atoms with Crippen molar-refractivity contribution in [1.82, 2.24) is 14.5 Å². The highest BCUT2D eigenvalue weighted by molar-refractivity contribution is 5.76. The minimum atomic E-state index is 0.343. The number of aromatic nitrogens is 2. The number of likely N-dealkylation sites (tertiary alicyclic amines) is 1. The summed E-state index contributed by atoms with van der Waals surface area (Å²) in [5, 5.41) is 0. The highest BCUT2D eigenvalue weighted by atomic mass is 16.5. The summed E-state index contributed by atoms with van der Waals surface area (Å²) >= 11 is 0. The molecule has 0 radical (unpaired) electrons. The van der Waals surface area contributed by atoms with Crippen molar-refractivity contribution in [2.75, 3.05) is 19.7 Å². The van der Waals surface area contributed by atoms with E-state index in [1.54, 1.807) is 0 Å². The number of imidazole rings is 1. The fourth-order valence-corrected chi connectivity index (χ4v) is 4.66. The molecular weight excluding hydrogens is 370 g/mol. The van der Waals surface area contributed by atoms with E-state index in [1.165, 1.54) is 61.2 Å². The minimum Gasteiger partial charge on any atom is -0.493 e. The molecule has 0 saturated carbocycles. The molecule has 1 atom stereocenters. The van der Waals surface area contributed by atoms with Crippen molar-refractivity contribution in [1.29, 1.82) is 0 Å². The summed E-state index contributed by atoms with van der Waals surface area (Å²) in [4.78, 5) is 7.68. The van der Waals surface area contributed by atoms with Gasteiger partial charge in [-0.25, -0.2) is 4.98 Å². The van der Waals surface area contributed by atoms with E-state index in [9.17, 15) is 0 Å². The third-order valence-electron chi connectivity index (χ3n) is 6.36. The summed E-state index contributed by atoms with van der Waals surface area (Å²) in [7, 11) is 0. The molecule has 4 rings (SSSR count). The molecule has 2 aromatic carbocycles. The molecule has 0 aliphatic carbocycles. The molecule has 30 heavy (non-hydrogen) atoms. The Balaban J connectivity index is 1.48. The molecule has 0 spiro atoms. The van der Waals surface area contributed by atoms with Gasteiger partial charge in [0.2, 0.25) is 0 Å². The zero-order valence-corrected chi connectivity index (χ0v) is 18.7. The van der Waals surface area contributed by atoms with Gasteiger partial charge in [0.05, 0.1) is 23.7 Å². The zero-order valence-electron chi connectivity index (χ0n) is 18.7. The van der Waals surface area contributed by atoms with Crippen LogP contribution in [-0.4, -0.2) is 34.1 Å². The Hall–Kier alpha value is -2.33. The first-order valence-corrected chi connectivity index (χ1v) is 11.5. The molecule has 1 aliphatic heterocycles. The van der Waals surface area contributed by atoms with Gasteiger partial charge in [-0.3, -0.25) is 4.90 Å². The first-order valence-electron chi connectivity index (χ1n) is 11.5. The van der Waals surface area contributed by atoms with E-state index in [4.69, 9.17) is 9.72 Å². The second-order valence-electron chi connectivity index (χ2n) is 8.71. The maximum atomic E-state index is 6.09. The summed E-state index contributed by atoms with van der Waals surface area (Å²) in [6, 6.07) is 15.3. The topological polar surface area (TPSA) is 30.3 Å². The van der Waals surface area contributed by atoms with Crippen LogP contribution in [0, 0.1) is 13.8 Å². The number of nitrogens with zero attached hydrogens (tertiary/aromatic N) is 3. The monoisotopic (exact) mass is 405 g/mol. The average Bonchev–Trinajstić information content (AvgIpc) is 2.91. The van der Waals surface area contributed by atoms with Crippen molar-refractivity contribution < 1.29 is 4.74 Å². The fourth-order valence-electron chi connectivity index (χ4n) is 4.66. The third kappa shape index (κ3) is 4.70. The fraction of sp³-hybridized carbons (Fsp3) is 0.500. The van der Waals surface area contributed by atoms with Crippen molar-refractivity contribution >= 4 is 11.0 Å². The van der Waals surface area contributed by atoms with Gasteiger partial charge < -0.3 is 9.30 Å². The molecule has 1 saturated heterocycles. The van der Waals surface area contributed by atoms with Crippen LogP contribution in [0.1, 0.15) is 62.0 Å². The average molecular weight is 406 g/mol. The lowest BCUT2D eigenvalue weighted by atomic mass is 10.1. The largest absolute Gasteiger partial charge is 0.493 e. The number of fused-ring (bicyclic) bond motifs is 1. The van der Waals surface area contributed by atoms with Gasteiger partial charge in [0, 0.05) is 6.54 Å². The molecule has 0 amide bonds. The quantitative estimate of drug-likeness (QED) is 0.448. The van der Waals surface area contributed by atoms with E-state index in [2.05, 4.69) is 72.7 Å². The Labute approximate surface area is 180 Å². The Morgan fingerprint density at radius 2 is 1.77 bits per heavy atom. The van der Waals surface area contributed by atoms with Crippen LogP contribution in [0.15, 0.2) is 42.5 Å². The second kappa shape index (κ2) is 9.65. The molecule has 2 heterocycles.